The van der Waals surface area contributed by atoms with Crippen molar-refractivity contribution in [2.24, 2.45) is 0 Å². The van der Waals surface area contributed by atoms with Gasteiger partial charge in [-0.25, -0.2) is 13.1 Å². The number of ether oxygens (including phenoxy) is 1. The number of benzene rings is 1. The molecule has 0 bridgehead atoms. The van der Waals surface area contributed by atoms with E-state index in [4.69, 9.17) is 22.1 Å². The van der Waals surface area contributed by atoms with Crippen molar-refractivity contribution in [2.75, 3.05) is 19.4 Å². The smallest absolute Gasteiger partial charge is 0.242 e. The number of rotatable bonds is 5. The van der Waals surface area contributed by atoms with Crippen LogP contribution in [0.3, 0.4) is 0 Å². The second-order valence-corrected chi connectivity index (χ2v) is 5.73. The molecular formula is C10H15ClN2O3S. The molecule has 0 aliphatic carbocycles. The summed E-state index contributed by atoms with van der Waals surface area (Å²) < 4.78 is 31.2. The summed E-state index contributed by atoms with van der Waals surface area (Å²) in [4.78, 5) is -0.0255. The molecular weight excluding hydrogens is 264 g/mol. The highest BCUT2D eigenvalue weighted by Gasteiger charge is 2.18. The van der Waals surface area contributed by atoms with Crippen molar-refractivity contribution < 1.29 is 13.2 Å². The van der Waals surface area contributed by atoms with Gasteiger partial charge in [-0.2, -0.15) is 0 Å². The Labute approximate surface area is 106 Å². The summed E-state index contributed by atoms with van der Waals surface area (Å²) in [6.45, 7) is 1.92. The average molecular weight is 279 g/mol. The van der Waals surface area contributed by atoms with Crippen LogP contribution in [-0.4, -0.2) is 28.2 Å². The van der Waals surface area contributed by atoms with Gasteiger partial charge in [-0.3, -0.25) is 0 Å². The number of nitrogens with one attached hydrogen (secondary N) is 1. The van der Waals surface area contributed by atoms with Crippen LogP contribution >= 0.6 is 11.6 Å². The van der Waals surface area contributed by atoms with Gasteiger partial charge in [-0.1, -0.05) is 11.6 Å². The number of hydrogen-bond acceptors (Lipinski definition) is 4. The van der Waals surface area contributed by atoms with Gasteiger partial charge in [-0.15, -0.1) is 0 Å². The average Bonchev–Trinajstić information content (AvgIpc) is 2.29. The SMILES string of the molecule is COC(C)CNS(=O)(=O)c1cc(N)ccc1Cl. The van der Waals surface area contributed by atoms with E-state index in [2.05, 4.69) is 4.72 Å². The van der Waals surface area contributed by atoms with E-state index < -0.39 is 10.0 Å². The second-order valence-electron chi connectivity index (χ2n) is 3.59. The zero-order valence-electron chi connectivity index (χ0n) is 9.60. The highest BCUT2D eigenvalue weighted by Crippen LogP contribution is 2.23. The standard InChI is InChI=1S/C10H15ClN2O3S/c1-7(16-2)6-13-17(14,15)10-5-8(12)3-4-9(10)11/h3-5,7,13H,6,12H2,1-2H3. The Morgan fingerprint density at radius 3 is 2.76 bits per heavy atom. The number of anilines is 1. The predicted octanol–water partition coefficient (Wildman–Crippen LogP) is 1.24. The van der Waals surface area contributed by atoms with E-state index in [1.54, 1.807) is 13.0 Å². The number of sulfonamides is 1. The van der Waals surface area contributed by atoms with Crippen LogP contribution in [0.2, 0.25) is 5.02 Å². The number of methoxy groups -OCH3 is 1. The van der Waals surface area contributed by atoms with Gasteiger partial charge in [-0.05, 0) is 25.1 Å². The number of hydrogen-bond donors (Lipinski definition) is 2. The van der Waals surface area contributed by atoms with Crippen molar-refractivity contribution in [1.29, 1.82) is 0 Å². The number of nitrogens with two attached hydrogens (primary N) is 1. The van der Waals surface area contributed by atoms with Crippen molar-refractivity contribution in [3.05, 3.63) is 23.2 Å². The lowest BCUT2D eigenvalue weighted by molar-refractivity contribution is 0.122. The lowest BCUT2D eigenvalue weighted by Crippen LogP contribution is -2.31. The first-order chi connectivity index (χ1) is 7.86. The monoisotopic (exact) mass is 278 g/mol. The normalized spacial score (nSPS) is 13.6. The van der Waals surface area contributed by atoms with Crippen molar-refractivity contribution in [2.45, 2.75) is 17.9 Å². The van der Waals surface area contributed by atoms with Crippen LogP contribution in [0.25, 0.3) is 0 Å². The van der Waals surface area contributed by atoms with Crippen molar-refractivity contribution in [1.82, 2.24) is 4.72 Å². The third-order valence-electron chi connectivity index (χ3n) is 2.21. The quantitative estimate of drug-likeness (QED) is 0.794. The maximum atomic E-state index is 11.9. The molecule has 0 aliphatic heterocycles. The van der Waals surface area contributed by atoms with E-state index >= 15 is 0 Å². The minimum Gasteiger partial charge on any atom is -0.399 e. The van der Waals surface area contributed by atoms with Gasteiger partial charge in [0.25, 0.3) is 0 Å². The molecule has 0 saturated carbocycles. The molecule has 0 heterocycles. The molecule has 1 atom stereocenters. The van der Waals surface area contributed by atoms with E-state index in [9.17, 15) is 8.42 Å². The first-order valence-electron chi connectivity index (χ1n) is 4.94. The van der Waals surface area contributed by atoms with Crippen LogP contribution in [0.4, 0.5) is 5.69 Å². The second kappa shape index (κ2) is 5.68. The zero-order chi connectivity index (χ0) is 13.1. The fourth-order valence-electron chi connectivity index (χ4n) is 1.11. The molecule has 0 aliphatic rings. The minimum atomic E-state index is -3.66. The molecule has 1 rings (SSSR count). The van der Waals surface area contributed by atoms with E-state index in [0.717, 1.165) is 0 Å². The molecule has 3 N–H and O–H groups in total. The van der Waals surface area contributed by atoms with Gasteiger partial charge in [0.2, 0.25) is 10.0 Å². The first kappa shape index (κ1) is 14.2. The molecule has 0 radical (unpaired) electrons. The zero-order valence-corrected chi connectivity index (χ0v) is 11.2. The van der Waals surface area contributed by atoms with E-state index in [0.29, 0.717) is 5.69 Å². The molecule has 1 aromatic rings. The van der Waals surface area contributed by atoms with Gasteiger partial charge < -0.3 is 10.5 Å². The Balaban J connectivity index is 2.93. The molecule has 0 aromatic heterocycles. The highest BCUT2D eigenvalue weighted by atomic mass is 35.5. The van der Waals surface area contributed by atoms with Gasteiger partial charge >= 0.3 is 0 Å². The van der Waals surface area contributed by atoms with Crippen LogP contribution in [0.15, 0.2) is 23.1 Å². The molecule has 5 nitrogen and oxygen atoms in total. The Morgan fingerprint density at radius 2 is 2.18 bits per heavy atom. The lowest BCUT2D eigenvalue weighted by Gasteiger charge is -2.12. The van der Waals surface area contributed by atoms with Gasteiger partial charge in [0, 0.05) is 19.3 Å². The van der Waals surface area contributed by atoms with Gasteiger partial charge in [0.15, 0.2) is 0 Å². The third-order valence-corrected chi connectivity index (χ3v) is 4.11. The summed E-state index contributed by atoms with van der Waals surface area (Å²) in [6.07, 6.45) is -0.218. The molecule has 17 heavy (non-hydrogen) atoms. The van der Waals surface area contributed by atoms with E-state index in [-0.39, 0.29) is 22.6 Å². The van der Waals surface area contributed by atoms with E-state index in [1.807, 2.05) is 0 Å². The van der Waals surface area contributed by atoms with Crippen LogP contribution in [0, 0.1) is 0 Å². The first-order valence-corrected chi connectivity index (χ1v) is 6.80. The molecule has 0 saturated heterocycles. The Hall–Kier alpha value is -0.820. The summed E-state index contributed by atoms with van der Waals surface area (Å²) in [6, 6.07) is 4.31. The summed E-state index contributed by atoms with van der Waals surface area (Å²) >= 11 is 5.82. The van der Waals surface area contributed by atoms with Crippen LogP contribution in [-0.2, 0) is 14.8 Å². The Bertz CT molecular complexity index is 490. The third kappa shape index (κ3) is 3.85. The molecule has 7 heteroatoms. The number of halogens is 1. The molecule has 0 spiro atoms. The van der Waals surface area contributed by atoms with Crippen LogP contribution < -0.4 is 10.5 Å². The summed E-state index contributed by atoms with van der Waals surface area (Å²) in [5.41, 5.74) is 5.87. The Morgan fingerprint density at radius 1 is 1.53 bits per heavy atom. The van der Waals surface area contributed by atoms with Crippen molar-refractivity contribution in [3.63, 3.8) is 0 Å². The molecule has 96 valence electrons. The van der Waals surface area contributed by atoms with Gasteiger partial charge in [0.1, 0.15) is 4.90 Å². The van der Waals surface area contributed by atoms with Gasteiger partial charge in [0.05, 0.1) is 11.1 Å². The fraction of sp³-hybridized carbons (Fsp3) is 0.400. The predicted molar refractivity (Wildman–Crippen MR) is 67.5 cm³/mol. The topological polar surface area (TPSA) is 81.4 Å². The molecule has 1 aromatic carbocycles. The summed E-state index contributed by atoms with van der Waals surface area (Å²) in [5, 5.41) is 0.136. The Kier molecular flexibility index (Phi) is 4.76. The fourth-order valence-corrected chi connectivity index (χ4v) is 2.76. The van der Waals surface area contributed by atoms with E-state index in [1.165, 1.54) is 19.2 Å². The summed E-state index contributed by atoms with van der Waals surface area (Å²) in [5.74, 6) is 0. The molecule has 1 unspecified atom stereocenters. The number of nitrogen functional groups attached to an aromatic ring is 1. The van der Waals surface area contributed by atoms with Crippen LogP contribution in [0.1, 0.15) is 6.92 Å². The minimum absolute atomic E-state index is 0.0255. The summed E-state index contributed by atoms with van der Waals surface area (Å²) in [7, 11) is -2.15. The molecule has 0 fully saturated rings. The highest BCUT2D eigenvalue weighted by molar-refractivity contribution is 7.89. The van der Waals surface area contributed by atoms with Crippen molar-refractivity contribution in [3.8, 4) is 0 Å². The largest absolute Gasteiger partial charge is 0.399 e. The van der Waals surface area contributed by atoms with Crippen molar-refractivity contribution >= 4 is 27.3 Å². The molecule has 0 amide bonds. The lowest BCUT2D eigenvalue weighted by atomic mass is 10.3. The maximum absolute atomic E-state index is 11.9. The maximum Gasteiger partial charge on any atom is 0.242 e. The van der Waals surface area contributed by atoms with Crippen LogP contribution in [0.5, 0.6) is 0 Å².